The van der Waals surface area contributed by atoms with Gasteiger partial charge in [-0.25, -0.2) is 0 Å². The van der Waals surface area contributed by atoms with E-state index in [9.17, 15) is 4.46 Å². The van der Waals surface area contributed by atoms with Crippen LogP contribution >= 0.6 is 0 Å². The molecule has 0 saturated heterocycles. The first kappa shape index (κ1) is 9.11. The predicted octanol–water partition coefficient (Wildman–Crippen LogP) is -0.857. The van der Waals surface area contributed by atoms with E-state index >= 15 is 0 Å². The number of hydrogen-bond donors (Lipinski definition) is 0. The minimum Gasteiger partial charge on any atom is -0.387 e. The van der Waals surface area contributed by atoms with Crippen LogP contribution in [0, 0.1) is 0 Å². The van der Waals surface area contributed by atoms with Gasteiger partial charge < -0.3 is 17.7 Å². The van der Waals surface area contributed by atoms with Gasteiger partial charge in [0.1, 0.15) is 0 Å². The van der Waals surface area contributed by atoms with Crippen molar-refractivity contribution < 1.29 is 17.7 Å². The lowest BCUT2D eigenvalue weighted by atomic mass is 11.8. The molecule has 0 aromatic heterocycles. The topological polar surface area (TPSA) is 44.8 Å². The van der Waals surface area contributed by atoms with Crippen LogP contribution in [-0.2, 0) is 17.7 Å². The van der Waals surface area contributed by atoms with Crippen molar-refractivity contribution in [2.24, 2.45) is 0 Å². The predicted molar refractivity (Wildman–Crippen MR) is 34.6 cm³/mol. The monoisotopic (exact) mass is 166 g/mol. The maximum absolute atomic E-state index is 10.4. The molecule has 0 aliphatic carbocycles. The third-order valence-electron chi connectivity index (χ3n) is 0.998. The number of rotatable bonds is 4. The molecule has 0 aromatic carbocycles. The highest BCUT2D eigenvalue weighted by atomic mass is 29.2. The van der Waals surface area contributed by atoms with Crippen LogP contribution in [0.1, 0.15) is 0 Å². The lowest BCUT2D eigenvalue weighted by molar-refractivity contribution is 0.146. The number of hydrogen-bond acceptors (Lipinski definition) is 4. The Morgan fingerprint density at radius 3 is 1.44 bits per heavy atom. The molecule has 0 heterocycles. The van der Waals surface area contributed by atoms with Gasteiger partial charge in [-0.2, -0.15) is 0 Å². The minimum absolute atomic E-state index is 1.11. The molecule has 54 valence electrons. The summed E-state index contributed by atoms with van der Waals surface area (Å²) in [6.07, 6.45) is 0. The zero-order valence-electron chi connectivity index (χ0n) is 5.71. The van der Waals surface area contributed by atoms with Gasteiger partial charge in [-0.1, -0.05) is 0 Å². The molecule has 0 radical (unpaired) electrons. The van der Waals surface area contributed by atoms with Crippen LogP contribution in [0.2, 0.25) is 0 Å². The summed E-state index contributed by atoms with van der Waals surface area (Å²) in [6.45, 7) is 0. The first-order valence-corrected chi connectivity index (χ1v) is 6.37. The van der Waals surface area contributed by atoms with Crippen LogP contribution in [0.5, 0.6) is 0 Å². The maximum atomic E-state index is 10.4. The fourth-order valence-electron chi connectivity index (χ4n) is 0.394. The van der Waals surface area contributed by atoms with E-state index in [4.69, 9.17) is 13.3 Å². The molecule has 0 amide bonds. The van der Waals surface area contributed by atoms with E-state index in [0.29, 0.717) is 0 Å². The van der Waals surface area contributed by atoms with Crippen molar-refractivity contribution in [3.8, 4) is 0 Å². The van der Waals surface area contributed by atoms with E-state index in [2.05, 4.69) is 0 Å². The lowest BCUT2D eigenvalue weighted by Crippen LogP contribution is -2.46. The lowest BCUT2D eigenvalue weighted by Gasteiger charge is -2.16. The van der Waals surface area contributed by atoms with Crippen molar-refractivity contribution >= 4 is 17.2 Å². The van der Waals surface area contributed by atoms with E-state index in [0.717, 1.165) is 0 Å². The Balaban J connectivity index is 3.98. The first-order valence-electron chi connectivity index (χ1n) is 2.36. The quantitative estimate of drug-likeness (QED) is 0.510. The standard InChI is InChI=1S/C3H10O4Si2/c1-5-9(6-2,7-3)8-4/h8H,1-3H3. The van der Waals surface area contributed by atoms with Crippen molar-refractivity contribution in [2.75, 3.05) is 21.3 Å². The molecule has 0 rings (SSSR count). The SMILES string of the molecule is CO[Si](OC)(OC)[SiH]=O. The van der Waals surface area contributed by atoms with Crippen molar-refractivity contribution in [1.29, 1.82) is 0 Å². The van der Waals surface area contributed by atoms with Gasteiger partial charge in [0.05, 0.1) is 0 Å². The van der Waals surface area contributed by atoms with Crippen molar-refractivity contribution in [1.82, 2.24) is 0 Å². The second kappa shape index (κ2) is 4.01. The normalized spacial score (nSPS) is 11.4. The van der Waals surface area contributed by atoms with Crippen LogP contribution in [-0.4, -0.2) is 38.6 Å². The van der Waals surface area contributed by atoms with Crippen molar-refractivity contribution in [2.45, 2.75) is 0 Å². The van der Waals surface area contributed by atoms with E-state index in [-0.39, 0.29) is 0 Å². The Labute approximate surface area is 57.2 Å². The third-order valence-corrected chi connectivity index (χ3v) is 5.98. The van der Waals surface area contributed by atoms with Gasteiger partial charge in [0.2, 0.25) is 0 Å². The second-order valence-corrected chi connectivity index (χ2v) is 6.83. The highest BCUT2D eigenvalue weighted by Gasteiger charge is 2.37. The Kier molecular flexibility index (Phi) is 4.06. The Morgan fingerprint density at radius 2 is 1.44 bits per heavy atom. The minimum atomic E-state index is -2.66. The highest BCUT2D eigenvalue weighted by Crippen LogP contribution is 1.98. The summed E-state index contributed by atoms with van der Waals surface area (Å²) in [4.78, 5) is 0. The summed E-state index contributed by atoms with van der Waals surface area (Å²) in [6, 6.07) is 0. The van der Waals surface area contributed by atoms with E-state index < -0.39 is 17.2 Å². The van der Waals surface area contributed by atoms with Gasteiger partial charge in [0.15, 0.2) is 0 Å². The molecule has 0 atom stereocenters. The van der Waals surface area contributed by atoms with Gasteiger partial charge in [0, 0.05) is 21.3 Å². The van der Waals surface area contributed by atoms with E-state index in [1.165, 1.54) is 21.3 Å². The van der Waals surface area contributed by atoms with Gasteiger partial charge in [-0.3, -0.25) is 0 Å². The van der Waals surface area contributed by atoms with Crippen LogP contribution in [0.4, 0.5) is 0 Å². The zero-order valence-corrected chi connectivity index (χ0v) is 7.87. The molecule has 0 unspecified atom stereocenters. The Morgan fingerprint density at radius 1 is 1.11 bits per heavy atom. The summed E-state index contributed by atoms with van der Waals surface area (Å²) < 4.78 is 24.8. The van der Waals surface area contributed by atoms with Crippen LogP contribution in [0.25, 0.3) is 0 Å². The van der Waals surface area contributed by atoms with Gasteiger partial charge in [0.25, 0.3) is 0 Å². The van der Waals surface area contributed by atoms with Crippen molar-refractivity contribution in [3.05, 3.63) is 0 Å². The van der Waals surface area contributed by atoms with E-state index in [1.54, 1.807) is 0 Å². The maximum Gasteiger partial charge on any atom is 0.537 e. The molecule has 9 heavy (non-hydrogen) atoms. The Hall–Kier alpha value is 0.114. The summed E-state index contributed by atoms with van der Waals surface area (Å²) in [7, 11) is 0.533. The fraction of sp³-hybridized carbons (Fsp3) is 1.00. The second-order valence-electron chi connectivity index (χ2n) is 1.33. The van der Waals surface area contributed by atoms with E-state index in [1.807, 2.05) is 0 Å². The summed E-state index contributed by atoms with van der Waals surface area (Å²) in [5.41, 5.74) is 0. The van der Waals surface area contributed by atoms with Crippen LogP contribution in [0.3, 0.4) is 0 Å². The van der Waals surface area contributed by atoms with Gasteiger partial charge in [-0.05, 0) is 0 Å². The Bertz CT molecular complexity index is 83.5. The highest BCUT2D eigenvalue weighted by molar-refractivity contribution is 7.08. The molecule has 0 aliphatic heterocycles. The van der Waals surface area contributed by atoms with Gasteiger partial charge in [-0.15, -0.1) is 0 Å². The molecular formula is C3H10O4Si2. The molecule has 0 N–H and O–H groups in total. The molecular weight excluding hydrogens is 156 g/mol. The molecule has 0 fully saturated rings. The van der Waals surface area contributed by atoms with Crippen LogP contribution < -0.4 is 0 Å². The molecule has 0 saturated carbocycles. The van der Waals surface area contributed by atoms with Crippen LogP contribution in [0.15, 0.2) is 0 Å². The van der Waals surface area contributed by atoms with Gasteiger partial charge >= 0.3 is 17.2 Å². The van der Waals surface area contributed by atoms with Crippen molar-refractivity contribution in [3.63, 3.8) is 0 Å². The third kappa shape index (κ3) is 2.07. The molecule has 6 heteroatoms. The smallest absolute Gasteiger partial charge is 0.387 e. The average Bonchev–Trinajstić information content (AvgIpc) is 1.95. The largest absolute Gasteiger partial charge is 0.537 e. The first-order chi connectivity index (χ1) is 4.24. The summed E-state index contributed by atoms with van der Waals surface area (Å²) in [5.74, 6) is 0. The summed E-state index contributed by atoms with van der Waals surface area (Å²) >= 11 is 0. The molecule has 0 aromatic rings. The molecule has 0 aliphatic rings. The fourth-order valence-corrected chi connectivity index (χ4v) is 2.05. The molecule has 0 bridgehead atoms. The molecule has 0 spiro atoms. The summed E-state index contributed by atoms with van der Waals surface area (Å²) in [5, 5.41) is 0. The molecule has 4 nitrogen and oxygen atoms in total. The zero-order chi connectivity index (χ0) is 7.33. The average molecular weight is 166 g/mol.